The fourth-order valence-electron chi connectivity index (χ4n) is 2.57. The van der Waals surface area contributed by atoms with Crippen LogP contribution >= 0.6 is 22.6 Å². The topological polar surface area (TPSA) is 73.1 Å². The van der Waals surface area contributed by atoms with E-state index in [4.69, 9.17) is 13.9 Å². The predicted octanol–water partition coefficient (Wildman–Crippen LogP) is 3.84. The van der Waals surface area contributed by atoms with Gasteiger partial charge >= 0.3 is 0 Å². The summed E-state index contributed by atoms with van der Waals surface area (Å²) in [6.07, 6.45) is 0.696. The van der Waals surface area contributed by atoms with Crippen molar-refractivity contribution >= 4 is 34.7 Å². The van der Waals surface area contributed by atoms with Crippen LogP contribution in [0.2, 0.25) is 0 Å². The van der Waals surface area contributed by atoms with E-state index in [0.29, 0.717) is 17.3 Å². The van der Waals surface area contributed by atoms with Crippen LogP contribution in [0.3, 0.4) is 0 Å². The van der Waals surface area contributed by atoms with Crippen molar-refractivity contribution in [1.29, 1.82) is 0 Å². The Kier molecular flexibility index (Phi) is 5.10. The molecule has 0 spiro atoms. The van der Waals surface area contributed by atoms with Gasteiger partial charge in [0.2, 0.25) is 6.10 Å². The van der Waals surface area contributed by atoms with Crippen LogP contribution in [0.25, 0.3) is 11.3 Å². The average Bonchev–Trinajstić information content (AvgIpc) is 3.17. The van der Waals surface area contributed by atoms with Crippen molar-refractivity contribution in [2.24, 2.45) is 5.10 Å². The Morgan fingerprint density at radius 3 is 2.67 bits per heavy atom. The van der Waals surface area contributed by atoms with E-state index >= 15 is 0 Å². The van der Waals surface area contributed by atoms with Crippen molar-refractivity contribution in [2.75, 3.05) is 6.61 Å². The zero-order valence-electron chi connectivity index (χ0n) is 14.1. The molecule has 0 fully saturated rings. The molecule has 0 saturated carbocycles. The molecule has 0 radical (unpaired) electrons. The third-order valence-electron chi connectivity index (χ3n) is 3.92. The second-order valence-electron chi connectivity index (χ2n) is 5.81. The van der Waals surface area contributed by atoms with E-state index in [9.17, 15) is 4.79 Å². The quantitative estimate of drug-likeness (QED) is 0.355. The fraction of sp³-hybridized carbons (Fsp3) is 0.100. The molecule has 1 atom stereocenters. The Morgan fingerprint density at radius 2 is 1.85 bits per heavy atom. The molecule has 1 amide bonds. The number of hydrazone groups is 1. The molecular weight excluding hydrogens is 459 g/mol. The van der Waals surface area contributed by atoms with Gasteiger partial charge in [-0.2, -0.15) is 5.10 Å². The van der Waals surface area contributed by atoms with Gasteiger partial charge in [0.1, 0.15) is 18.1 Å². The molecule has 1 aliphatic rings. The monoisotopic (exact) mass is 474 g/mol. The van der Waals surface area contributed by atoms with Crippen molar-refractivity contribution in [3.8, 4) is 22.8 Å². The van der Waals surface area contributed by atoms with E-state index in [1.807, 2.05) is 42.5 Å². The van der Waals surface area contributed by atoms with Crippen LogP contribution in [0.5, 0.6) is 11.5 Å². The molecule has 2 aromatic carbocycles. The van der Waals surface area contributed by atoms with E-state index in [2.05, 4.69) is 33.1 Å². The van der Waals surface area contributed by atoms with Crippen LogP contribution < -0.4 is 14.9 Å². The number of nitrogens with zero attached hydrogens (tertiary/aromatic N) is 1. The molecule has 0 saturated heterocycles. The molecular formula is C20H15IN2O4. The predicted molar refractivity (Wildman–Crippen MR) is 109 cm³/mol. The summed E-state index contributed by atoms with van der Waals surface area (Å²) in [5, 5.41) is 3.94. The van der Waals surface area contributed by atoms with E-state index in [1.54, 1.807) is 18.2 Å². The fourth-order valence-corrected chi connectivity index (χ4v) is 2.93. The smallest absolute Gasteiger partial charge is 0.284 e. The Bertz CT molecular complexity index is 982. The van der Waals surface area contributed by atoms with E-state index in [0.717, 1.165) is 14.9 Å². The van der Waals surface area contributed by atoms with Crippen molar-refractivity contribution in [1.82, 2.24) is 5.43 Å². The van der Waals surface area contributed by atoms with Crippen molar-refractivity contribution in [3.63, 3.8) is 0 Å². The number of nitrogens with one attached hydrogen (secondary N) is 1. The Hall–Kier alpha value is -2.81. The number of carbonyl (C=O) groups excluding carboxylic acids is 1. The Labute approximate surface area is 169 Å². The molecule has 0 bridgehead atoms. The summed E-state index contributed by atoms with van der Waals surface area (Å²) in [6.45, 7) is 0.135. The van der Waals surface area contributed by atoms with Crippen LogP contribution in [-0.4, -0.2) is 24.8 Å². The third kappa shape index (κ3) is 4.13. The molecule has 7 heteroatoms. The number of furan rings is 1. The highest BCUT2D eigenvalue weighted by Crippen LogP contribution is 2.30. The van der Waals surface area contributed by atoms with Gasteiger partial charge in [-0.25, -0.2) is 5.43 Å². The molecule has 0 unspecified atom stereocenters. The molecule has 0 aliphatic carbocycles. The maximum Gasteiger partial charge on any atom is 0.284 e. The Balaban J connectivity index is 1.36. The number of para-hydroxylation sites is 2. The van der Waals surface area contributed by atoms with Crippen LogP contribution in [0, 0.1) is 3.57 Å². The van der Waals surface area contributed by atoms with Crippen LogP contribution in [-0.2, 0) is 4.79 Å². The lowest BCUT2D eigenvalue weighted by Crippen LogP contribution is -2.42. The molecule has 4 rings (SSSR count). The molecule has 1 aliphatic heterocycles. The standard InChI is InChI=1S/C20H15IN2O4/c21-14-7-5-13(6-8-14)16-10-9-15(26-16)11-22-23-20(24)19-12-25-17-3-1-2-4-18(17)27-19/h1-11,19H,12H2,(H,23,24)/b22-11-/t19-/m1/s1. The maximum absolute atomic E-state index is 12.2. The van der Waals surface area contributed by atoms with Crippen LogP contribution in [0.4, 0.5) is 0 Å². The lowest BCUT2D eigenvalue weighted by atomic mass is 10.2. The number of halogens is 1. The van der Waals surface area contributed by atoms with Crippen LogP contribution in [0.1, 0.15) is 5.76 Å². The Morgan fingerprint density at radius 1 is 1.07 bits per heavy atom. The first kappa shape index (κ1) is 17.6. The van der Waals surface area contributed by atoms with E-state index < -0.39 is 6.10 Å². The summed E-state index contributed by atoms with van der Waals surface area (Å²) < 4.78 is 18.0. The molecule has 1 N–H and O–H groups in total. The first-order valence-electron chi connectivity index (χ1n) is 8.26. The highest BCUT2D eigenvalue weighted by atomic mass is 127. The molecule has 1 aromatic heterocycles. The summed E-state index contributed by atoms with van der Waals surface area (Å²) in [5.41, 5.74) is 3.43. The number of amides is 1. The molecule has 27 heavy (non-hydrogen) atoms. The molecule has 136 valence electrons. The minimum atomic E-state index is -0.754. The number of ether oxygens (including phenoxy) is 2. The number of hydrogen-bond acceptors (Lipinski definition) is 5. The molecule has 6 nitrogen and oxygen atoms in total. The summed E-state index contributed by atoms with van der Waals surface area (Å²) in [4.78, 5) is 12.2. The van der Waals surface area contributed by atoms with Gasteiger partial charge < -0.3 is 13.9 Å². The van der Waals surface area contributed by atoms with Gasteiger partial charge in [-0.3, -0.25) is 4.79 Å². The number of fused-ring (bicyclic) bond motifs is 1. The second-order valence-corrected chi connectivity index (χ2v) is 7.05. The lowest BCUT2D eigenvalue weighted by Gasteiger charge is -2.24. The molecule has 2 heterocycles. The minimum absolute atomic E-state index is 0.135. The highest BCUT2D eigenvalue weighted by molar-refractivity contribution is 14.1. The van der Waals surface area contributed by atoms with Gasteiger partial charge in [0.25, 0.3) is 5.91 Å². The van der Waals surface area contributed by atoms with Crippen molar-refractivity contribution in [2.45, 2.75) is 6.10 Å². The van der Waals surface area contributed by atoms with Gasteiger partial charge in [-0.15, -0.1) is 0 Å². The summed E-state index contributed by atoms with van der Waals surface area (Å²) in [5.74, 6) is 2.06. The van der Waals surface area contributed by atoms with Crippen molar-refractivity contribution < 1.29 is 18.7 Å². The van der Waals surface area contributed by atoms with Crippen LogP contribution in [0.15, 0.2) is 70.2 Å². The average molecular weight is 474 g/mol. The number of hydrogen-bond donors (Lipinski definition) is 1. The minimum Gasteiger partial charge on any atom is -0.485 e. The van der Waals surface area contributed by atoms with Gasteiger partial charge in [0.05, 0.1) is 6.21 Å². The normalized spacial score (nSPS) is 15.7. The van der Waals surface area contributed by atoms with Gasteiger partial charge in [-0.1, -0.05) is 24.3 Å². The largest absolute Gasteiger partial charge is 0.485 e. The first-order valence-corrected chi connectivity index (χ1v) is 9.34. The summed E-state index contributed by atoms with van der Waals surface area (Å²) >= 11 is 2.25. The highest BCUT2D eigenvalue weighted by Gasteiger charge is 2.26. The number of carbonyl (C=O) groups is 1. The van der Waals surface area contributed by atoms with Crippen molar-refractivity contribution in [3.05, 3.63) is 70.0 Å². The first-order chi connectivity index (χ1) is 13.2. The number of benzene rings is 2. The second kappa shape index (κ2) is 7.83. The summed E-state index contributed by atoms with van der Waals surface area (Å²) in [6, 6.07) is 18.9. The third-order valence-corrected chi connectivity index (χ3v) is 4.64. The van der Waals surface area contributed by atoms with Gasteiger partial charge in [0, 0.05) is 9.13 Å². The molecule has 3 aromatic rings. The lowest BCUT2D eigenvalue weighted by molar-refractivity contribution is -0.130. The van der Waals surface area contributed by atoms with Gasteiger partial charge in [-0.05, 0) is 59.0 Å². The summed E-state index contributed by atoms with van der Waals surface area (Å²) in [7, 11) is 0. The zero-order chi connectivity index (χ0) is 18.6. The van der Waals surface area contributed by atoms with Gasteiger partial charge in [0.15, 0.2) is 11.5 Å². The van der Waals surface area contributed by atoms with E-state index in [1.165, 1.54) is 6.21 Å². The van der Waals surface area contributed by atoms with E-state index in [-0.39, 0.29) is 12.5 Å². The SMILES string of the molecule is O=C(N/N=C\c1ccc(-c2ccc(I)cc2)o1)[C@H]1COc2ccccc2O1. The maximum atomic E-state index is 12.2. The zero-order valence-corrected chi connectivity index (χ0v) is 16.3. The number of rotatable bonds is 4.